The van der Waals surface area contributed by atoms with Crippen LogP contribution in [0.4, 0.5) is 5.82 Å². The summed E-state index contributed by atoms with van der Waals surface area (Å²) in [7, 11) is 0. The van der Waals surface area contributed by atoms with Gasteiger partial charge in [-0.1, -0.05) is 17.7 Å². The topological polar surface area (TPSA) is 120 Å². The van der Waals surface area contributed by atoms with E-state index in [-0.39, 0.29) is 16.9 Å². The molecule has 0 saturated carbocycles. The van der Waals surface area contributed by atoms with Crippen molar-refractivity contribution in [2.45, 2.75) is 13.8 Å². The number of halogens is 1. The molecule has 132 valence electrons. The summed E-state index contributed by atoms with van der Waals surface area (Å²) in [6.07, 6.45) is 1.62. The summed E-state index contributed by atoms with van der Waals surface area (Å²) in [5, 5.41) is 7.97. The fraction of sp³-hybridized carbons (Fsp3) is 0.118. The first-order valence-electron chi connectivity index (χ1n) is 7.68. The SMILES string of the molecule is Cc1ccc2[nH]ncc2c1-n1c(N)c(C(N)=O)c2sc(Cl)c(C)c2c1=O. The Morgan fingerprint density at radius 1 is 1.35 bits per heavy atom. The van der Waals surface area contributed by atoms with Crippen molar-refractivity contribution in [1.29, 1.82) is 0 Å². The van der Waals surface area contributed by atoms with Crippen LogP contribution in [0.5, 0.6) is 0 Å². The molecular weight excluding hydrogens is 374 g/mol. The van der Waals surface area contributed by atoms with Crippen LogP contribution in [0.2, 0.25) is 4.34 Å². The van der Waals surface area contributed by atoms with Crippen molar-refractivity contribution >= 4 is 55.7 Å². The van der Waals surface area contributed by atoms with Crippen LogP contribution in [-0.2, 0) is 0 Å². The second-order valence-corrected chi connectivity index (χ2v) is 7.65. The van der Waals surface area contributed by atoms with E-state index in [1.165, 1.54) is 4.57 Å². The number of amides is 1. The fourth-order valence-corrected chi connectivity index (χ4v) is 4.65. The number of H-pyrrole nitrogens is 1. The van der Waals surface area contributed by atoms with Crippen molar-refractivity contribution < 1.29 is 4.79 Å². The molecule has 4 aromatic rings. The lowest BCUT2D eigenvalue weighted by molar-refractivity contribution is 0.100. The van der Waals surface area contributed by atoms with Crippen molar-refractivity contribution in [3.8, 4) is 5.69 Å². The predicted octanol–water partition coefficient (Wildman–Crippen LogP) is 2.88. The minimum atomic E-state index is -0.712. The molecule has 26 heavy (non-hydrogen) atoms. The summed E-state index contributed by atoms with van der Waals surface area (Å²) in [4.78, 5) is 25.4. The van der Waals surface area contributed by atoms with Crippen LogP contribution in [0.25, 0.3) is 26.7 Å². The van der Waals surface area contributed by atoms with Crippen LogP contribution in [0.1, 0.15) is 21.5 Å². The summed E-state index contributed by atoms with van der Waals surface area (Å²) >= 11 is 7.35. The number of hydrogen-bond donors (Lipinski definition) is 3. The summed E-state index contributed by atoms with van der Waals surface area (Å²) in [6, 6.07) is 3.71. The van der Waals surface area contributed by atoms with Gasteiger partial charge in [-0.15, -0.1) is 11.3 Å². The molecular formula is C17H14ClN5O2S. The number of nitrogens with zero attached hydrogens (tertiary/aromatic N) is 2. The van der Waals surface area contributed by atoms with Gasteiger partial charge in [0.05, 0.1) is 37.4 Å². The van der Waals surface area contributed by atoms with Crippen LogP contribution < -0.4 is 17.0 Å². The number of nitrogens with one attached hydrogen (secondary N) is 1. The summed E-state index contributed by atoms with van der Waals surface area (Å²) in [5.74, 6) is -0.721. The number of thiophene rings is 1. The van der Waals surface area contributed by atoms with Crippen LogP contribution in [-0.4, -0.2) is 20.7 Å². The zero-order valence-corrected chi connectivity index (χ0v) is 15.5. The van der Waals surface area contributed by atoms with Crippen molar-refractivity contribution in [2.75, 3.05) is 5.73 Å². The molecule has 3 aromatic heterocycles. The molecule has 0 aliphatic heterocycles. The van der Waals surface area contributed by atoms with E-state index in [1.807, 2.05) is 19.1 Å². The number of anilines is 1. The maximum atomic E-state index is 13.3. The second-order valence-electron chi connectivity index (χ2n) is 6.03. The molecule has 0 bridgehead atoms. The lowest BCUT2D eigenvalue weighted by Gasteiger charge is -2.16. The molecule has 9 heteroatoms. The van der Waals surface area contributed by atoms with E-state index in [2.05, 4.69) is 10.2 Å². The van der Waals surface area contributed by atoms with E-state index < -0.39 is 5.91 Å². The molecule has 0 aliphatic carbocycles. The van der Waals surface area contributed by atoms with Gasteiger partial charge in [0.1, 0.15) is 5.82 Å². The second kappa shape index (κ2) is 5.58. The van der Waals surface area contributed by atoms with E-state index in [1.54, 1.807) is 13.1 Å². The Morgan fingerprint density at radius 3 is 2.77 bits per heavy atom. The Balaban J connectivity index is 2.29. The van der Waals surface area contributed by atoms with Crippen LogP contribution in [0.3, 0.4) is 0 Å². The highest BCUT2D eigenvalue weighted by Crippen LogP contribution is 2.38. The predicted molar refractivity (Wildman–Crippen MR) is 104 cm³/mol. The first kappa shape index (κ1) is 16.6. The molecule has 7 nitrogen and oxygen atoms in total. The van der Waals surface area contributed by atoms with Crippen molar-refractivity contribution in [1.82, 2.24) is 14.8 Å². The monoisotopic (exact) mass is 387 g/mol. The molecule has 0 fully saturated rings. The lowest BCUT2D eigenvalue weighted by atomic mass is 10.1. The van der Waals surface area contributed by atoms with Gasteiger partial charge in [-0.3, -0.25) is 19.3 Å². The number of fused-ring (bicyclic) bond motifs is 2. The number of carbonyl (C=O) groups excluding carboxylic acids is 1. The molecule has 0 radical (unpaired) electrons. The number of carbonyl (C=O) groups is 1. The van der Waals surface area contributed by atoms with E-state index in [9.17, 15) is 9.59 Å². The summed E-state index contributed by atoms with van der Waals surface area (Å²) < 4.78 is 2.16. The number of nitrogen functional groups attached to an aromatic ring is 1. The Morgan fingerprint density at radius 2 is 2.08 bits per heavy atom. The van der Waals surface area contributed by atoms with Crippen molar-refractivity contribution in [3.63, 3.8) is 0 Å². The number of primary amides is 1. The molecule has 4 rings (SSSR count). The van der Waals surface area contributed by atoms with Crippen molar-refractivity contribution in [3.05, 3.63) is 49.7 Å². The number of benzene rings is 1. The molecule has 1 aromatic carbocycles. The minimum Gasteiger partial charge on any atom is -0.384 e. The first-order chi connectivity index (χ1) is 12.3. The third-order valence-electron chi connectivity index (χ3n) is 4.50. The highest BCUT2D eigenvalue weighted by atomic mass is 35.5. The maximum Gasteiger partial charge on any atom is 0.265 e. The minimum absolute atomic E-state index is 0.00952. The van der Waals surface area contributed by atoms with Gasteiger partial charge in [0, 0.05) is 5.39 Å². The van der Waals surface area contributed by atoms with Gasteiger partial charge in [-0.2, -0.15) is 5.10 Å². The van der Waals surface area contributed by atoms with Crippen LogP contribution in [0.15, 0.2) is 23.1 Å². The summed E-state index contributed by atoms with van der Waals surface area (Å²) in [6.45, 7) is 3.59. The van der Waals surface area contributed by atoms with E-state index in [0.29, 0.717) is 31.1 Å². The number of hydrogen-bond acceptors (Lipinski definition) is 5. The number of nitrogens with two attached hydrogens (primary N) is 2. The van der Waals surface area contributed by atoms with Gasteiger partial charge < -0.3 is 11.5 Å². The standard InChI is InChI=1S/C17H14ClN5O2S/c1-6-3-4-9-8(5-21-22-9)12(6)23-15(19)11(16(20)24)13-10(17(23)25)7(2)14(18)26-13/h3-5H,19H2,1-2H3,(H2,20,24)(H,21,22). The van der Waals surface area contributed by atoms with E-state index in [0.717, 1.165) is 22.4 Å². The number of aromatic amines is 1. The first-order valence-corrected chi connectivity index (χ1v) is 8.88. The number of aryl methyl sites for hydroxylation is 2. The molecule has 0 saturated heterocycles. The molecule has 0 spiro atoms. The zero-order valence-electron chi connectivity index (χ0n) is 13.9. The van der Waals surface area contributed by atoms with Gasteiger partial charge in [0.25, 0.3) is 11.5 Å². The van der Waals surface area contributed by atoms with Gasteiger partial charge in [-0.25, -0.2) is 0 Å². The Hall–Kier alpha value is -2.84. The number of pyridine rings is 1. The number of aromatic nitrogens is 3. The normalized spacial score (nSPS) is 11.5. The lowest BCUT2D eigenvalue weighted by Crippen LogP contribution is -2.27. The highest BCUT2D eigenvalue weighted by Gasteiger charge is 2.25. The van der Waals surface area contributed by atoms with Gasteiger partial charge in [0.15, 0.2) is 0 Å². The smallest absolute Gasteiger partial charge is 0.265 e. The van der Waals surface area contributed by atoms with Gasteiger partial charge >= 0.3 is 0 Å². The van der Waals surface area contributed by atoms with Crippen LogP contribution in [0, 0.1) is 13.8 Å². The summed E-state index contributed by atoms with van der Waals surface area (Å²) in [5.41, 5.74) is 14.3. The van der Waals surface area contributed by atoms with Crippen LogP contribution >= 0.6 is 22.9 Å². The van der Waals surface area contributed by atoms with E-state index >= 15 is 0 Å². The van der Waals surface area contributed by atoms with Gasteiger partial charge in [0.2, 0.25) is 0 Å². The molecule has 1 amide bonds. The van der Waals surface area contributed by atoms with Crippen molar-refractivity contribution in [2.24, 2.45) is 5.73 Å². The molecule has 0 aliphatic rings. The molecule has 3 heterocycles. The largest absolute Gasteiger partial charge is 0.384 e. The average Bonchev–Trinajstić information content (AvgIpc) is 3.14. The fourth-order valence-electron chi connectivity index (χ4n) is 3.24. The Bertz CT molecular complexity index is 1280. The third kappa shape index (κ3) is 2.09. The van der Waals surface area contributed by atoms with E-state index in [4.69, 9.17) is 23.1 Å². The Kier molecular flexibility index (Phi) is 3.57. The Labute approximate surface area is 156 Å². The molecule has 5 N–H and O–H groups in total. The highest BCUT2D eigenvalue weighted by molar-refractivity contribution is 7.23. The molecule has 0 atom stereocenters. The van der Waals surface area contributed by atoms with Gasteiger partial charge in [-0.05, 0) is 31.0 Å². The zero-order chi connectivity index (χ0) is 18.7. The quantitative estimate of drug-likeness (QED) is 0.489. The third-order valence-corrected chi connectivity index (χ3v) is 6.11. The molecule has 0 unspecified atom stereocenters. The maximum absolute atomic E-state index is 13.3. The number of rotatable bonds is 2. The average molecular weight is 388 g/mol.